The molecule has 1 fully saturated rings. The molecule has 1 aromatic rings. The second-order valence-electron chi connectivity index (χ2n) is 5.65. The molecule has 0 aromatic heterocycles. The summed E-state index contributed by atoms with van der Waals surface area (Å²) < 4.78 is 0. The van der Waals surface area contributed by atoms with Crippen molar-refractivity contribution in [1.29, 1.82) is 0 Å². The Balaban J connectivity index is 2.31. The first-order valence-electron chi connectivity index (χ1n) is 7.37. The zero-order valence-electron chi connectivity index (χ0n) is 12.7. The summed E-state index contributed by atoms with van der Waals surface area (Å²) in [5.41, 5.74) is 7.90. The molecule has 2 rings (SSSR count). The average Bonchev–Trinajstić information content (AvgIpc) is 2.45. The smallest absolute Gasteiger partial charge is 0.255 e. The Morgan fingerprint density at radius 2 is 1.81 bits per heavy atom. The van der Waals surface area contributed by atoms with E-state index in [1.165, 1.54) is 0 Å². The normalized spacial score (nSPS) is 15.7. The number of nitrogens with one attached hydrogen (secondary N) is 1. The van der Waals surface area contributed by atoms with Crippen LogP contribution in [0.5, 0.6) is 0 Å². The van der Waals surface area contributed by atoms with E-state index in [0.29, 0.717) is 5.56 Å². The molecule has 0 spiro atoms. The van der Waals surface area contributed by atoms with Crippen molar-refractivity contribution in [3.05, 3.63) is 34.9 Å². The SMILES string of the molecule is Cc1cccc(C)c1C(=O)N(CC(N)=O)C1CCNCC1. The molecule has 0 unspecified atom stereocenters. The van der Waals surface area contributed by atoms with Crippen LogP contribution in [0.15, 0.2) is 18.2 Å². The number of benzene rings is 1. The lowest BCUT2D eigenvalue weighted by Crippen LogP contribution is -2.49. The van der Waals surface area contributed by atoms with E-state index in [-0.39, 0.29) is 18.5 Å². The Morgan fingerprint density at radius 3 is 2.33 bits per heavy atom. The van der Waals surface area contributed by atoms with Crippen molar-refractivity contribution in [2.45, 2.75) is 32.7 Å². The third-order valence-electron chi connectivity index (χ3n) is 4.03. The molecular weight excluding hydrogens is 266 g/mol. The number of primary amides is 1. The van der Waals surface area contributed by atoms with Gasteiger partial charge in [-0.25, -0.2) is 0 Å². The molecule has 0 atom stereocenters. The topological polar surface area (TPSA) is 75.4 Å². The van der Waals surface area contributed by atoms with Gasteiger partial charge in [-0.15, -0.1) is 0 Å². The van der Waals surface area contributed by atoms with Crippen LogP contribution < -0.4 is 11.1 Å². The van der Waals surface area contributed by atoms with E-state index in [1.54, 1.807) is 4.90 Å². The highest BCUT2D eigenvalue weighted by Crippen LogP contribution is 2.20. The Morgan fingerprint density at radius 1 is 1.24 bits per heavy atom. The summed E-state index contributed by atoms with van der Waals surface area (Å²) in [4.78, 5) is 25.9. The third-order valence-corrected chi connectivity index (χ3v) is 4.03. The minimum absolute atomic E-state index is 0.0166. The van der Waals surface area contributed by atoms with Crippen LogP contribution in [0.4, 0.5) is 0 Å². The molecule has 1 aliphatic heterocycles. The van der Waals surface area contributed by atoms with Crippen LogP contribution in [0.25, 0.3) is 0 Å². The fraction of sp³-hybridized carbons (Fsp3) is 0.500. The second kappa shape index (κ2) is 6.72. The number of carbonyl (C=O) groups is 2. The van der Waals surface area contributed by atoms with Crippen molar-refractivity contribution in [2.75, 3.05) is 19.6 Å². The van der Waals surface area contributed by atoms with E-state index in [2.05, 4.69) is 5.32 Å². The molecule has 0 aliphatic carbocycles. The van der Waals surface area contributed by atoms with Crippen molar-refractivity contribution in [2.24, 2.45) is 5.73 Å². The van der Waals surface area contributed by atoms with Gasteiger partial charge in [0.15, 0.2) is 0 Å². The van der Waals surface area contributed by atoms with Gasteiger partial charge in [0.25, 0.3) is 5.91 Å². The molecular formula is C16H23N3O2. The van der Waals surface area contributed by atoms with E-state index >= 15 is 0 Å². The van der Waals surface area contributed by atoms with Gasteiger partial charge in [0.05, 0.1) is 6.54 Å². The molecule has 1 aliphatic rings. The van der Waals surface area contributed by atoms with Crippen LogP contribution in [0, 0.1) is 13.8 Å². The van der Waals surface area contributed by atoms with Gasteiger partial charge in [-0.3, -0.25) is 9.59 Å². The molecule has 1 saturated heterocycles. The van der Waals surface area contributed by atoms with Gasteiger partial charge < -0.3 is 16.0 Å². The second-order valence-corrected chi connectivity index (χ2v) is 5.65. The molecule has 114 valence electrons. The highest BCUT2D eigenvalue weighted by atomic mass is 16.2. The first-order chi connectivity index (χ1) is 10.0. The predicted molar refractivity (Wildman–Crippen MR) is 82.0 cm³/mol. The highest BCUT2D eigenvalue weighted by Gasteiger charge is 2.28. The maximum atomic E-state index is 12.9. The number of rotatable bonds is 4. The summed E-state index contributed by atoms with van der Waals surface area (Å²) in [6, 6.07) is 5.85. The number of hydrogen-bond acceptors (Lipinski definition) is 3. The molecule has 1 heterocycles. The maximum absolute atomic E-state index is 12.9. The van der Waals surface area contributed by atoms with Gasteiger partial charge in [0, 0.05) is 11.6 Å². The third kappa shape index (κ3) is 3.61. The summed E-state index contributed by atoms with van der Waals surface area (Å²) in [6.07, 6.45) is 1.70. The number of aryl methyl sites for hydroxylation is 2. The summed E-state index contributed by atoms with van der Waals surface area (Å²) in [7, 11) is 0. The first-order valence-corrected chi connectivity index (χ1v) is 7.37. The minimum atomic E-state index is -0.465. The molecule has 0 saturated carbocycles. The van der Waals surface area contributed by atoms with Gasteiger partial charge in [-0.2, -0.15) is 0 Å². The molecule has 0 radical (unpaired) electrons. The van der Waals surface area contributed by atoms with E-state index in [1.807, 2.05) is 32.0 Å². The summed E-state index contributed by atoms with van der Waals surface area (Å²) >= 11 is 0. The number of carbonyl (C=O) groups excluding carboxylic acids is 2. The number of nitrogens with two attached hydrogens (primary N) is 1. The van der Waals surface area contributed by atoms with Crippen LogP contribution in [0.1, 0.15) is 34.3 Å². The lowest BCUT2D eigenvalue weighted by molar-refractivity contribution is -0.119. The van der Waals surface area contributed by atoms with Crippen LogP contribution >= 0.6 is 0 Å². The number of amides is 2. The minimum Gasteiger partial charge on any atom is -0.368 e. The largest absolute Gasteiger partial charge is 0.368 e. The van der Waals surface area contributed by atoms with E-state index in [4.69, 9.17) is 5.73 Å². The molecule has 21 heavy (non-hydrogen) atoms. The van der Waals surface area contributed by atoms with Crippen LogP contribution in [-0.2, 0) is 4.79 Å². The lowest BCUT2D eigenvalue weighted by atomic mass is 9.98. The van der Waals surface area contributed by atoms with Gasteiger partial charge in [0.1, 0.15) is 0 Å². The summed E-state index contributed by atoms with van der Waals surface area (Å²) in [5.74, 6) is -0.551. The van der Waals surface area contributed by atoms with Gasteiger partial charge in [-0.1, -0.05) is 18.2 Å². The van der Waals surface area contributed by atoms with Crippen molar-refractivity contribution < 1.29 is 9.59 Å². The monoisotopic (exact) mass is 289 g/mol. The van der Waals surface area contributed by atoms with Crippen molar-refractivity contribution in [3.63, 3.8) is 0 Å². The maximum Gasteiger partial charge on any atom is 0.255 e. The Kier molecular flexibility index (Phi) is 4.96. The molecule has 1 aromatic carbocycles. The Bertz CT molecular complexity index is 516. The highest BCUT2D eigenvalue weighted by molar-refractivity contribution is 5.99. The number of hydrogen-bond donors (Lipinski definition) is 2. The Labute approximate surface area is 125 Å². The number of piperidine rings is 1. The zero-order valence-corrected chi connectivity index (χ0v) is 12.7. The van der Waals surface area contributed by atoms with Crippen LogP contribution in [0.2, 0.25) is 0 Å². The average molecular weight is 289 g/mol. The molecule has 0 bridgehead atoms. The van der Waals surface area contributed by atoms with Crippen molar-refractivity contribution in [1.82, 2.24) is 10.2 Å². The van der Waals surface area contributed by atoms with E-state index in [0.717, 1.165) is 37.1 Å². The molecule has 5 nitrogen and oxygen atoms in total. The van der Waals surface area contributed by atoms with Gasteiger partial charge in [0.2, 0.25) is 5.91 Å². The lowest BCUT2D eigenvalue weighted by Gasteiger charge is -2.34. The van der Waals surface area contributed by atoms with Crippen molar-refractivity contribution in [3.8, 4) is 0 Å². The quantitative estimate of drug-likeness (QED) is 0.867. The molecule has 3 N–H and O–H groups in total. The van der Waals surface area contributed by atoms with E-state index in [9.17, 15) is 9.59 Å². The summed E-state index contributed by atoms with van der Waals surface area (Å²) in [6.45, 7) is 5.55. The summed E-state index contributed by atoms with van der Waals surface area (Å²) in [5, 5.41) is 3.27. The predicted octanol–water partition coefficient (Wildman–Crippen LogP) is 0.983. The van der Waals surface area contributed by atoms with Crippen molar-refractivity contribution >= 4 is 11.8 Å². The van der Waals surface area contributed by atoms with E-state index < -0.39 is 5.91 Å². The fourth-order valence-corrected chi connectivity index (χ4v) is 2.95. The van der Waals surface area contributed by atoms with Crippen LogP contribution in [0.3, 0.4) is 0 Å². The first kappa shape index (κ1) is 15.5. The molecule has 2 amide bonds. The number of nitrogens with zero attached hydrogens (tertiary/aromatic N) is 1. The molecule has 5 heteroatoms. The van der Waals surface area contributed by atoms with Gasteiger partial charge >= 0.3 is 0 Å². The standard InChI is InChI=1S/C16H23N3O2/c1-11-4-3-5-12(2)15(11)16(21)19(10-14(17)20)13-6-8-18-9-7-13/h3-5,13,18H,6-10H2,1-2H3,(H2,17,20). The van der Waals surface area contributed by atoms with Gasteiger partial charge in [-0.05, 0) is 50.9 Å². The van der Waals surface area contributed by atoms with Crippen LogP contribution in [-0.4, -0.2) is 42.4 Å². The zero-order chi connectivity index (χ0) is 15.4. The fourth-order valence-electron chi connectivity index (χ4n) is 2.95. The Hall–Kier alpha value is -1.88.